The second-order valence-corrected chi connectivity index (χ2v) is 8.69. The Hall–Kier alpha value is -1.32. The predicted octanol–water partition coefficient (Wildman–Crippen LogP) is 7.30. The topological polar surface area (TPSA) is 52.6 Å². The zero-order valence-corrected chi connectivity index (χ0v) is 19.7. The minimum atomic E-state index is -0.440. The molecular formula is C26H46O4. The van der Waals surface area contributed by atoms with E-state index in [0.29, 0.717) is 25.2 Å². The molecule has 0 aromatic carbocycles. The Morgan fingerprint density at radius 2 is 1.27 bits per heavy atom. The molecule has 1 rings (SSSR count). The molecule has 0 aromatic rings. The van der Waals surface area contributed by atoms with Crippen LogP contribution in [0.5, 0.6) is 0 Å². The number of unbranched alkanes of at least 4 members (excludes halogenated alkanes) is 12. The van der Waals surface area contributed by atoms with Gasteiger partial charge in [-0.2, -0.15) is 0 Å². The van der Waals surface area contributed by atoms with Crippen molar-refractivity contribution in [2.24, 2.45) is 5.92 Å². The van der Waals surface area contributed by atoms with Crippen molar-refractivity contribution >= 4 is 11.9 Å². The number of hydrogen-bond acceptors (Lipinski definition) is 4. The van der Waals surface area contributed by atoms with E-state index in [-0.39, 0.29) is 11.9 Å². The number of ether oxygens (including phenoxy) is 2. The molecule has 0 fully saturated rings. The molecule has 1 unspecified atom stereocenters. The average Bonchev–Trinajstić information content (AvgIpc) is 2.77. The first-order chi connectivity index (χ1) is 14.7. The molecule has 0 heterocycles. The molecule has 0 saturated carbocycles. The van der Waals surface area contributed by atoms with Gasteiger partial charge in [-0.25, -0.2) is 4.79 Å². The molecule has 4 heteroatoms. The van der Waals surface area contributed by atoms with E-state index in [1.54, 1.807) is 0 Å². The van der Waals surface area contributed by atoms with Crippen LogP contribution in [0.25, 0.3) is 0 Å². The van der Waals surface area contributed by atoms with Gasteiger partial charge in [0.05, 0.1) is 19.1 Å². The van der Waals surface area contributed by atoms with Crippen molar-refractivity contribution in [3.8, 4) is 0 Å². The number of rotatable bonds is 18. The maximum atomic E-state index is 12.5. The van der Waals surface area contributed by atoms with Crippen LogP contribution in [0, 0.1) is 5.92 Å². The summed E-state index contributed by atoms with van der Waals surface area (Å²) < 4.78 is 11.0. The van der Waals surface area contributed by atoms with Gasteiger partial charge < -0.3 is 9.47 Å². The zero-order valence-electron chi connectivity index (χ0n) is 19.7. The third-order valence-electron chi connectivity index (χ3n) is 5.93. The van der Waals surface area contributed by atoms with Crippen molar-refractivity contribution in [1.82, 2.24) is 0 Å². The van der Waals surface area contributed by atoms with Crippen molar-refractivity contribution in [1.29, 1.82) is 0 Å². The summed E-state index contributed by atoms with van der Waals surface area (Å²) in [5, 5.41) is 0. The molecule has 0 amide bonds. The Morgan fingerprint density at radius 3 is 1.83 bits per heavy atom. The van der Waals surface area contributed by atoms with Gasteiger partial charge in [0.1, 0.15) is 0 Å². The molecule has 1 aliphatic carbocycles. The van der Waals surface area contributed by atoms with Gasteiger partial charge >= 0.3 is 11.9 Å². The highest BCUT2D eigenvalue weighted by atomic mass is 16.5. The summed E-state index contributed by atoms with van der Waals surface area (Å²) in [7, 11) is 0. The van der Waals surface area contributed by atoms with Crippen molar-refractivity contribution in [2.45, 2.75) is 123 Å². The van der Waals surface area contributed by atoms with Crippen LogP contribution in [0.1, 0.15) is 123 Å². The number of esters is 2. The van der Waals surface area contributed by atoms with Crippen LogP contribution >= 0.6 is 0 Å². The van der Waals surface area contributed by atoms with Gasteiger partial charge in [0.2, 0.25) is 0 Å². The van der Waals surface area contributed by atoms with Gasteiger partial charge in [-0.3, -0.25) is 4.79 Å². The molecule has 0 saturated heterocycles. The van der Waals surface area contributed by atoms with Crippen molar-refractivity contribution in [2.75, 3.05) is 13.2 Å². The van der Waals surface area contributed by atoms with E-state index in [0.717, 1.165) is 38.5 Å². The monoisotopic (exact) mass is 422 g/mol. The fraction of sp³-hybridized carbons (Fsp3) is 0.846. The number of hydrogen-bond donors (Lipinski definition) is 0. The largest absolute Gasteiger partial charge is 0.465 e. The molecule has 1 atom stereocenters. The van der Waals surface area contributed by atoms with Crippen LogP contribution in [0.15, 0.2) is 11.6 Å². The summed E-state index contributed by atoms with van der Waals surface area (Å²) in [4.78, 5) is 25.0. The Balaban J connectivity index is 2.21. The lowest BCUT2D eigenvalue weighted by Crippen LogP contribution is -2.27. The lowest BCUT2D eigenvalue weighted by atomic mass is 9.87. The Bertz CT molecular complexity index is 483. The van der Waals surface area contributed by atoms with Gasteiger partial charge in [-0.15, -0.1) is 0 Å². The molecule has 0 spiro atoms. The fourth-order valence-electron chi connectivity index (χ4n) is 3.99. The fourth-order valence-corrected chi connectivity index (χ4v) is 3.99. The lowest BCUT2D eigenvalue weighted by molar-refractivity contribution is -0.151. The first-order valence-electron chi connectivity index (χ1n) is 12.7. The molecule has 0 aromatic heterocycles. The van der Waals surface area contributed by atoms with Gasteiger partial charge in [-0.05, 0) is 32.1 Å². The van der Waals surface area contributed by atoms with E-state index in [4.69, 9.17) is 9.47 Å². The van der Waals surface area contributed by atoms with Gasteiger partial charge in [0.15, 0.2) is 0 Å². The first-order valence-corrected chi connectivity index (χ1v) is 12.7. The zero-order chi connectivity index (χ0) is 21.9. The van der Waals surface area contributed by atoms with Crippen molar-refractivity contribution < 1.29 is 19.1 Å². The summed E-state index contributed by atoms with van der Waals surface area (Å²) in [5.74, 6) is -1.01. The summed E-state index contributed by atoms with van der Waals surface area (Å²) in [6.45, 7) is 5.35. The van der Waals surface area contributed by atoms with Gasteiger partial charge in [-0.1, -0.05) is 97.0 Å². The van der Waals surface area contributed by atoms with E-state index in [1.807, 2.05) is 6.08 Å². The van der Waals surface area contributed by atoms with E-state index in [1.165, 1.54) is 64.2 Å². The summed E-state index contributed by atoms with van der Waals surface area (Å²) in [6.07, 6.45) is 21.0. The van der Waals surface area contributed by atoms with E-state index in [9.17, 15) is 9.59 Å². The van der Waals surface area contributed by atoms with Crippen LogP contribution in [-0.4, -0.2) is 25.2 Å². The maximum absolute atomic E-state index is 12.5. The Kier molecular flexibility index (Phi) is 16.4. The maximum Gasteiger partial charge on any atom is 0.334 e. The molecular weight excluding hydrogens is 376 g/mol. The molecule has 30 heavy (non-hydrogen) atoms. The minimum absolute atomic E-state index is 0.250. The molecule has 4 nitrogen and oxygen atoms in total. The second-order valence-electron chi connectivity index (χ2n) is 8.69. The quantitative estimate of drug-likeness (QED) is 0.172. The summed E-state index contributed by atoms with van der Waals surface area (Å²) >= 11 is 0. The highest BCUT2D eigenvalue weighted by Gasteiger charge is 2.31. The molecule has 174 valence electrons. The Morgan fingerprint density at radius 1 is 0.767 bits per heavy atom. The third-order valence-corrected chi connectivity index (χ3v) is 5.93. The van der Waals surface area contributed by atoms with E-state index < -0.39 is 5.92 Å². The highest BCUT2D eigenvalue weighted by molar-refractivity contribution is 5.95. The average molecular weight is 423 g/mol. The SMILES string of the molecule is CCCCCCCCCOC(=O)C1=CCCCC1C(=O)OCCCCCCCCC. The highest BCUT2D eigenvalue weighted by Crippen LogP contribution is 2.27. The second kappa shape index (κ2) is 18.4. The van der Waals surface area contributed by atoms with Crippen LogP contribution in [0.3, 0.4) is 0 Å². The van der Waals surface area contributed by atoms with Crippen molar-refractivity contribution in [3.63, 3.8) is 0 Å². The lowest BCUT2D eigenvalue weighted by Gasteiger charge is -2.21. The number of carbonyl (C=O) groups excluding carboxylic acids is 2. The molecule has 1 aliphatic rings. The third kappa shape index (κ3) is 12.4. The van der Waals surface area contributed by atoms with Crippen LogP contribution in [0.4, 0.5) is 0 Å². The summed E-state index contributed by atoms with van der Waals surface area (Å²) in [5.41, 5.74) is 0.522. The summed E-state index contributed by atoms with van der Waals surface area (Å²) in [6, 6.07) is 0. The normalized spacial score (nSPS) is 16.2. The van der Waals surface area contributed by atoms with Crippen LogP contribution in [-0.2, 0) is 19.1 Å². The molecule has 0 N–H and O–H groups in total. The van der Waals surface area contributed by atoms with Gasteiger partial charge in [0, 0.05) is 5.57 Å². The van der Waals surface area contributed by atoms with Crippen LogP contribution in [0.2, 0.25) is 0 Å². The first kappa shape index (κ1) is 26.7. The smallest absolute Gasteiger partial charge is 0.334 e. The van der Waals surface area contributed by atoms with E-state index in [2.05, 4.69) is 13.8 Å². The van der Waals surface area contributed by atoms with Crippen molar-refractivity contribution in [3.05, 3.63) is 11.6 Å². The van der Waals surface area contributed by atoms with Crippen LogP contribution < -0.4 is 0 Å². The number of allylic oxidation sites excluding steroid dienone is 1. The molecule has 0 bridgehead atoms. The predicted molar refractivity (Wildman–Crippen MR) is 123 cm³/mol. The standard InChI is InChI=1S/C26H46O4/c1-3-5-7-9-11-13-17-21-29-25(27)23-19-15-16-20-24(23)26(28)30-22-18-14-12-10-8-6-4-2/h19,24H,3-18,20-22H2,1-2H3. The Labute approximate surface area is 185 Å². The molecule has 0 aliphatic heterocycles. The number of carbonyl (C=O) groups is 2. The molecule has 0 radical (unpaired) electrons. The minimum Gasteiger partial charge on any atom is -0.465 e. The van der Waals surface area contributed by atoms with E-state index >= 15 is 0 Å². The van der Waals surface area contributed by atoms with Gasteiger partial charge in [0.25, 0.3) is 0 Å².